The van der Waals surface area contributed by atoms with Crippen LogP contribution in [0, 0.1) is 5.92 Å². The van der Waals surface area contributed by atoms with Crippen LogP contribution in [0.25, 0.3) is 11.2 Å². The van der Waals surface area contributed by atoms with E-state index in [9.17, 15) is 39.3 Å². The second-order valence-corrected chi connectivity index (χ2v) is 11.8. The molecule has 0 amide bonds. The van der Waals surface area contributed by atoms with Crippen LogP contribution in [-0.4, -0.2) is 88.5 Å². The summed E-state index contributed by atoms with van der Waals surface area (Å²) in [5.41, 5.74) is 12.4. The number of fused-ring (bicyclic) bond motifs is 7. The number of hydrogen-bond donors (Lipinski definition) is 8. The maximum absolute atomic E-state index is 12.2. The molecule has 20 heteroatoms. The van der Waals surface area contributed by atoms with Gasteiger partial charge in [0.15, 0.2) is 11.7 Å². The summed E-state index contributed by atoms with van der Waals surface area (Å²) in [5, 5.41) is 42.1. The molecule has 3 aliphatic heterocycles. The Balaban J connectivity index is 1.60. The van der Waals surface area contributed by atoms with E-state index in [4.69, 9.17) is 20.7 Å². The summed E-state index contributed by atoms with van der Waals surface area (Å²) in [5.74, 6) is -1.12. The fourth-order valence-electron chi connectivity index (χ4n) is 4.71. The van der Waals surface area contributed by atoms with E-state index < -0.39 is 77.6 Å². The number of aliphatic hydroxyl groups excluding tert-OH is 4. The van der Waals surface area contributed by atoms with Crippen LogP contribution in [0.3, 0.4) is 0 Å². The molecule has 0 spiro atoms. The smallest absolute Gasteiger partial charge is 0.390 e. The Morgan fingerprint density at radius 2 is 1.67 bits per heavy atom. The molecule has 2 unspecified atom stereocenters. The molecular weight excluding hydrogens is 530 g/mol. The molecule has 6 rings (SSSR count). The van der Waals surface area contributed by atoms with Crippen molar-refractivity contribution in [3.63, 3.8) is 0 Å². The molecule has 36 heavy (non-hydrogen) atoms. The Morgan fingerprint density at radius 1 is 1.00 bits per heavy atom. The molecule has 2 aromatic rings. The third kappa shape index (κ3) is 4.32. The van der Waals surface area contributed by atoms with E-state index in [0.29, 0.717) is 0 Å². The SMILES string of the molecule is Nc1nc2c(N)[n+]3cnc2n1[C@@H]1O[C@H](COP(=O)(O)OP(=O)(O)OC[C@H]2C[C@@H]3[C@H](O)[C@@H]2O)[C@@H](O)[C@H]1O. The van der Waals surface area contributed by atoms with Crippen LogP contribution in [0.1, 0.15) is 18.7 Å². The standard InChI is InChI=1S/C16H24N6O12P2/c17-13-8-14-19-4-21(13)6-1-5(9(23)10(6)24)2-31-35(27,28)34-36(29,30)32-3-7-11(25)12(26)15(33-7)22(14)16(18)20-8/h4-7,9-12,15,17,23-26H,1-3H2,(H4,18,20,27,28,29,30)/p+1/t5-,6-,7-,9-,10+,11-,12-,15-/m1/s1. The number of aliphatic hydroxyl groups is 4. The van der Waals surface area contributed by atoms with Gasteiger partial charge in [0, 0.05) is 5.92 Å². The zero-order valence-corrected chi connectivity index (χ0v) is 20.1. The van der Waals surface area contributed by atoms with Gasteiger partial charge in [0.25, 0.3) is 5.82 Å². The van der Waals surface area contributed by atoms with Gasteiger partial charge in [-0.15, -0.1) is 0 Å². The summed E-state index contributed by atoms with van der Waals surface area (Å²) in [6, 6.07) is -0.874. The van der Waals surface area contributed by atoms with Crippen LogP contribution in [0.5, 0.6) is 0 Å². The molecule has 200 valence electrons. The second kappa shape index (κ2) is 8.90. The van der Waals surface area contributed by atoms with Crippen molar-refractivity contribution >= 4 is 38.6 Å². The van der Waals surface area contributed by atoms with E-state index in [1.54, 1.807) is 0 Å². The number of ether oxygens (including phenoxy) is 1. The predicted octanol–water partition coefficient (Wildman–Crippen LogP) is -2.95. The number of imidazole rings is 1. The van der Waals surface area contributed by atoms with Crippen LogP contribution in [0.2, 0.25) is 0 Å². The van der Waals surface area contributed by atoms with Crippen molar-refractivity contribution in [1.82, 2.24) is 14.5 Å². The van der Waals surface area contributed by atoms with Crippen molar-refractivity contribution in [3.05, 3.63) is 6.33 Å². The van der Waals surface area contributed by atoms with Gasteiger partial charge in [0.05, 0.1) is 19.3 Å². The van der Waals surface area contributed by atoms with Crippen molar-refractivity contribution in [1.29, 1.82) is 0 Å². The van der Waals surface area contributed by atoms with E-state index >= 15 is 0 Å². The minimum Gasteiger partial charge on any atom is -0.390 e. The topological polar surface area (TPSA) is 279 Å². The number of rotatable bonds is 0. The molecular formula is C16H25N6O12P2+. The first-order valence-electron chi connectivity index (χ1n) is 10.7. The molecule has 10 N–H and O–H groups in total. The molecule has 0 radical (unpaired) electrons. The number of aromatic nitrogens is 4. The molecule has 5 heterocycles. The molecule has 4 aliphatic rings. The van der Waals surface area contributed by atoms with E-state index in [1.807, 2.05) is 0 Å². The van der Waals surface area contributed by atoms with E-state index in [2.05, 4.69) is 18.8 Å². The van der Waals surface area contributed by atoms with Gasteiger partial charge in [-0.25, -0.2) is 18.7 Å². The molecule has 0 aromatic carbocycles. The highest BCUT2D eigenvalue weighted by molar-refractivity contribution is 7.61. The van der Waals surface area contributed by atoms with E-state index in [-0.39, 0.29) is 29.4 Å². The summed E-state index contributed by atoms with van der Waals surface area (Å²) >= 11 is 0. The molecule has 1 saturated carbocycles. The van der Waals surface area contributed by atoms with Crippen molar-refractivity contribution < 1.29 is 62.0 Å². The summed E-state index contributed by atoms with van der Waals surface area (Å²) in [4.78, 5) is 28.2. The first-order valence-corrected chi connectivity index (χ1v) is 13.7. The number of hydrogen-bond acceptors (Lipinski definition) is 14. The Labute approximate surface area is 201 Å². The average Bonchev–Trinajstić information content (AvgIpc) is 3.37. The number of nitrogen functional groups attached to an aromatic ring is 2. The largest absolute Gasteiger partial charge is 0.481 e. The zero-order valence-electron chi connectivity index (χ0n) is 18.3. The van der Waals surface area contributed by atoms with Crippen molar-refractivity contribution in [2.24, 2.45) is 5.92 Å². The average molecular weight is 555 g/mol. The van der Waals surface area contributed by atoms with Gasteiger partial charge in [-0.1, -0.05) is 4.98 Å². The van der Waals surface area contributed by atoms with Crippen LogP contribution < -0.4 is 16.0 Å². The predicted molar refractivity (Wildman–Crippen MR) is 114 cm³/mol. The third-order valence-electron chi connectivity index (χ3n) is 6.52. The van der Waals surface area contributed by atoms with Crippen LogP contribution in [0.4, 0.5) is 11.8 Å². The van der Waals surface area contributed by atoms with Crippen molar-refractivity contribution in [2.45, 2.75) is 49.2 Å². The lowest BCUT2D eigenvalue weighted by molar-refractivity contribution is -0.717. The van der Waals surface area contributed by atoms with Gasteiger partial charge >= 0.3 is 15.6 Å². The van der Waals surface area contributed by atoms with Crippen molar-refractivity contribution in [2.75, 3.05) is 24.7 Å². The lowest BCUT2D eigenvalue weighted by atomic mass is 10.1. The summed E-state index contributed by atoms with van der Waals surface area (Å²) < 4.78 is 46.3. The van der Waals surface area contributed by atoms with Crippen LogP contribution in [0.15, 0.2) is 6.33 Å². The lowest BCUT2D eigenvalue weighted by Gasteiger charge is -2.21. The molecule has 2 aromatic heterocycles. The van der Waals surface area contributed by atoms with Gasteiger partial charge in [0.2, 0.25) is 17.9 Å². The van der Waals surface area contributed by atoms with Crippen molar-refractivity contribution in [3.8, 4) is 0 Å². The van der Waals surface area contributed by atoms with Gasteiger partial charge in [-0.3, -0.25) is 13.6 Å². The maximum atomic E-state index is 12.2. The Kier molecular flexibility index (Phi) is 6.39. The van der Waals surface area contributed by atoms with Crippen LogP contribution in [-0.2, 0) is 27.2 Å². The van der Waals surface area contributed by atoms with Gasteiger partial charge in [-0.2, -0.15) is 4.31 Å². The second-order valence-electron chi connectivity index (χ2n) is 8.75. The Hall–Kier alpha value is -1.79. The molecule has 8 bridgehead atoms. The first kappa shape index (κ1) is 25.8. The number of nitrogens with zero attached hydrogens (tertiary/aromatic N) is 4. The summed E-state index contributed by atoms with van der Waals surface area (Å²) in [6.45, 7) is -1.49. The van der Waals surface area contributed by atoms with Gasteiger partial charge in [0.1, 0.15) is 30.5 Å². The normalized spacial score (nSPS) is 43.7. The number of phosphoric ester groups is 2. The lowest BCUT2D eigenvalue weighted by Crippen LogP contribution is -2.48. The zero-order chi connectivity index (χ0) is 26.2. The highest BCUT2D eigenvalue weighted by atomic mass is 31.3. The highest BCUT2D eigenvalue weighted by Crippen LogP contribution is 2.61. The maximum Gasteiger partial charge on any atom is 0.481 e. The Morgan fingerprint density at radius 3 is 2.36 bits per heavy atom. The fraction of sp³-hybridized carbons (Fsp3) is 0.688. The first-order chi connectivity index (χ1) is 16.8. The fourth-order valence-corrected chi connectivity index (χ4v) is 6.84. The van der Waals surface area contributed by atoms with E-state index in [1.165, 1.54) is 10.9 Å². The molecule has 18 nitrogen and oxygen atoms in total. The number of phosphoric acid groups is 2. The number of anilines is 2. The minimum absolute atomic E-state index is 0.00492. The summed E-state index contributed by atoms with van der Waals surface area (Å²) in [7, 11) is -10.4. The van der Waals surface area contributed by atoms with Gasteiger partial charge < -0.3 is 46.4 Å². The molecule has 2 fully saturated rings. The molecule has 1 saturated heterocycles. The highest BCUT2D eigenvalue weighted by Gasteiger charge is 2.49. The summed E-state index contributed by atoms with van der Waals surface area (Å²) in [6.07, 6.45) is -7.66. The van der Waals surface area contributed by atoms with Gasteiger partial charge in [-0.05, 0) is 6.42 Å². The minimum atomic E-state index is -5.23. The number of nitrogens with two attached hydrogens (primary N) is 2. The molecule has 1 aliphatic carbocycles. The van der Waals surface area contributed by atoms with E-state index in [0.717, 1.165) is 4.57 Å². The molecule has 10 atom stereocenters. The monoisotopic (exact) mass is 555 g/mol. The third-order valence-corrected chi connectivity index (χ3v) is 9.12. The van der Waals surface area contributed by atoms with Crippen LogP contribution >= 0.6 is 15.6 Å². The Bertz CT molecular complexity index is 1280. The quantitative estimate of drug-likeness (QED) is 0.119.